The van der Waals surface area contributed by atoms with Crippen LogP contribution in [0.3, 0.4) is 0 Å². The fraction of sp³-hybridized carbons (Fsp3) is 0.486. The van der Waals surface area contributed by atoms with Crippen LogP contribution in [0.4, 0.5) is 4.79 Å². The second-order valence-corrected chi connectivity index (χ2v) is 20.5. The zero-order valence-corrected chi connectivity index (χ0v) is 31.4. The first-order valence-corrected chi connectivity index (χ1v) is 19.9. The third kappa shape index (κ3) is 9.07. The molecule has 0 saturated carbocycles. The van der Waals surface area contributed by atoms with Gasteiger partial charge in [-0.15, -0.1) is 0 Å². The second-order valence-electron chi connectivity index (χ2n) is 14.9. The molecule has 0 N–H and O–H groups in total. The molecule has 3 atom stereocenters. The van der Waals surface area contributed by atoms with Crippen molar-refractivity contribution in [2.45, 2.75) is 109 Å². The highest BCUT2D eigenvalue weighted by Gasteiger charge is 2.47. The van der Waals surface area contributed by atoms with Gasteiger partial charge in [-0.25, -0.2) is 9.78 Å². The summed E-state index contributed by atoms with van der Waals surface area (Å²) < 4.78 is 13.9. The fourth-order valence-corrected chi connectivity index (χ4v) is 7.31. The monoisotopic (exact) mass is 707 g/mol. The minimum absolute atomic E-state index is 0.0104. The number of hydrogen-bond acceptors (Lipinski definition) is 5. The highest BCUT2D eigenvalue weighted by molar-refractivity contribution is 9.10. The van der Waals surface area contributed by atoms with Gasteiger partial charge in [0.05, 0.1) is 24.4 Å². The highest BCUT2D eigenvalue weighted by atomic mass is 79.9. The molecular weight excluding hydrogens is 658 g/mol. The van der Waals surface area contributed by atoms with E-state index in [4.69, 9.17) is 9.16 Å². The number of likely N-dealkylation sites (tertiary alicyclic amines) is 1. The minimum atomic E-state index is -2.20. The maximum Gasteiger partial charge on any atom is 0.410 e. The topological polar surface area (TPSA) is 72.0 Å². The smallest absolute Gasteiger partial charge is 0.410 e. The fourth-order valence-electron chi connectivity index (χ4n) is 5.64. The molecule has 1 saturated heterocycles. The summed E-state index contributed by atoms with van der Waals surface area (Å²) in [5.41, 5.74) is 2.94. The number of ether oxygens (including phenoxy) is 1. The van der Waals surface area contributed by atoms with Gasteiger partial charge in [-0.2, -0.15) is 0 Å². The van der Waals surface area contributed by atoms with Crippen molar-refractivity contribution in [3.8, 4) is 0 Å². The summed E-state index contributed by atoms with van der Waals surface area (Å²) in [7, 11) is -0.418. The molecule has 2 amide bonds. The van der Waals surface area contributed by atoms with Crippen molar-refractivity contribution in [3.63, 3.8) is 0 Å². The van der Waals surface area contributed by atoms with Gasteiger partial charge in [0.1, 0.15) is 10.2 Å². The molecule has 0 radical (unpaired) electrons. The number of carbonyl (C=O) groups is 2. The summed E-state index contributed by atoms with van der Waals surface area (Å²) >= 11 is 3.40. The van der Waals surface area contributed by atoms with Crippen molar-refractivity contribution >= 4 is 36.2 Å². The van der Waals surface area contributed by atoms with Gasteiger partial charge in [0.2, 0.25) is 0 Å². The van der Waals surface area contributed by atoms with Gasteiger partial charge in [-0.3, -0.25) is 9.69 Å². The molecule has 1 aliphatic heterocycles. The Morgan fingerprint density at radius 3 is 2.20 bits per heavy atom. The van der Waals surface area contributed by atoms with Crippen molar-refractivity contribution in [2.24, 2.45) is 0 Å². The van der Waals surface area contributed by atoms with Crippen LogP contribution in [-0.2, 0) is 22.1 Å². The molecule has 9 heteroatoms. The molecule has 2 aromatic carbocycles. The number of pyridine rings is 1. The zero-order valence-electron chi connectivity index (χ0n) is 28.8. The van der Waals surface area contributed by atoms with Crippen LogP contribution in [0.5, 0.6) is 0 Å². The summed E-state index contributed by atoms with van der Waals surface area (Å²) in [5, 5.41) is 0.0104. The number of nitrogens with zero attached hydrogens (tertiary/aromatic N) is 3. The summed E-state index contributed by atoms with van der Waals surface area (Å²) in [4.78, 5) is 35.2. The van der Waals surface area contributed by atoms with E-state index in [1.54, 1.807) is 11.9 Å². The lowest BCUT2D eigenvalue weighted by molar-refractivity contribution is -0.00239. The number of aromatic nitrogens is 1. The molecule has 1 aliphatic rings. The number of rotatable bonds is 9. The largest absolute Gasteiger partial charge is 0.444 e. The molecule has 248 valence electrons. The molecule has 1 aromatic heterocycles. The van der Waals surface area contributed by atoms with Crippen LogP contribution >= 0.6 is 15.9 Å². The lowest BCUT2D eigenvalue weighted by atomic mass is 10.0. The van der Waals surface area contributed by atoms with Crippen LogP contribution in [0.2, 0.25) is 18.1 Å². The Labute approximate surface area is 284 Å². The van der Waals surface area contributed by atoms with E-state index in [0.717, 1.165) is 34.3 Å². The summed E-state index contributed by atoms with van der Waals surface area (Å²) in [6, 6.07) is 23.5. The summed E-state index contributed by atoms with van der Waals surface area (Å²) in [5.74, 6) is -0.0712. The first kappa shape index (κ1) is 35.8. The Hall–Kier alpha value is -3.01. The van der Waals surface area contributed by atoms with Gasteiger partial charge < -0.3 is 14.1 Å². The second kappa shape index (κ2) is 14.4. The molecule has 7 nitrogen and oxygen atoms in total. The average Bonchev–Trinajstić information content (AvgIpc) is 3.38. The normalized spacial score (nSPS) is 17.9. The lowest BCUT2D eigenvalue weighted by Gasteiger charge is -2.43. The van der Waals surface area contributed by atoms with Crippen LogP contribution in [0.15, 0.2) is 77.4 Å². The Bertz CT molecular complexity index is 1480. The van der Waals surface area contributed by atoms with E-state index in [9.17, 15) is 9.59 Å². The van der Waals surface area contributed by atoms with Gasteiger partial charge in [0.15, 0.2) is 8.32 Å². The molecule has 2 heterocycles. The number of halogens is 1. The third-order valence-corrected chi connectivity index (χ3v) is 13.9. The standard InChI is InChI=1S/C37H50BrN3O4Si/c1-36(2,3)44-35(43)41-30(22-23-31(41)33(27-14-11-10-12-15-27)45-46(8,9)37(4,5)6)24-26-18-20-28(21-19-26)34(42)40(7)25-29-16-13-17-32(38)39-29/h10-21,30-31,33H,22-25H2,1-9H3/t30-,31+,33-/m1/s1. The van der Waals surface area contributed by atoms with E-state index in [2.05, 4.69) is 66.9 Å². The van der Waals surface area contributed by atoms with Crippen LogP contribution < -0.4 is 0 Å². The predicted molar refractivity (Wildman–Crippen MR) is 190 cm³/mol. The number of benzene rings is 2. The van der Waals surface area contributed by atoms with Crippen LogP contribution in [0.25, 0.3) is 0 Å². The molecular formula is C37H50BrN3O4Si. The van der Waals surface area contributed by atoms with Gasteiger partial charge in [0.25, 0.3) is 5.91 Å². The summed E-state index contributed by atoms with van der Waals surface area (Å²) in [6.07, 6.45) is 1.72. The van der Waals surface area contributed by atoms with E-state index in [-0.39, 0.29) is 35.2 Å². The quantitative estimate of drug-likeness (QED) is 0.164. The first-order valence-electron chi connectivity index (χ1n) is 16.1. The maximum absolute atomic E-state index is 14.0. The van der Waals surface area contributed by atoms with Crippen LogP contribution in [-0.4, -0.2) is 59.8 Å². The Balaban J connectivity index is 1.58. The summed E-state index contributed by atoms with van der Waals surface area (Å²) in [6.45, 7) is 17.4. The van der Waals surface area contributed by atoms with E-state index in [0.29, 0.717) is 18.5 Å². The lowest BCUT2D eigenvalue weighted by Crippen LogP contribution is -2.50. The van der Waals surface area contributed by atoms with E-state index in [1.165, 1.54) is 0 Å². The number of hydrogen-bond donors (Lipinski definition) is 0. The number of amides is 2. The average molecular weight is 709 g/mol. The van der Waals surface area contributed by atoms with Gasteiger partial charge in [-0.05, 0) is 109 Å². The molecule has 0 spiro atoms. The Kier molecular flexibility index (Phi) is 11.2. The van der Waals surface area contributed by atoms with E-state index >= 15 is 0 Å². The van der Waals surface area contributed by atoms with E-state index in [1.807, 2.05) is 86.3 Å². The van der Waals surface area contributed by atoms with Crippen molar-refractivity contribution in [1.82, 2.24) is 14.8 Å². The zero-order chi connectivity index (χ0) is 33.9. The Morgan fingerprint density at radius 2 is 1.61 bits per heavy atom. The first-order chi connectivity index (χ1) is 21.4. The molecule has 4 rings (SSSR count). The van der Waals surface area contributed by atoms with Gasteiger partial charge in [0, 0.05) is 18.7 Å². The van der Waals surface area contributed by atoms with Gasteiger partial charge in [-0.1, -0.05) is 69.3 Å². The molecule has 0 aliphatic carbocycles. The third-order valence-electron chi connectivity index (χ3n) is 9.05. The maximum atomic E-state index is 14.0. The molecule has 3 aromatic rings. The highest BCUT2D eigenvalue weighted by Crippen LogP contribution is 2.44. The SMILES string of the molecule is CN(Cc1cccc(Br)n1)C(=O)c1ccc(C[C@H]2CC[C@@H]([C@H](O[Si](C)(C)C(C)(C)C)c3ccccc3)N2C(=O)OC(C)(C)C)cc1. The molecule has 1 fully saturated rings. The number of carbonyl (C=O) groups excluding carboxylic acids is 2. The molecule has 46 heavy (non-hydrogen) atoms. The van der Waals surface area contributed by atoms with Crippen molar-refractivity contribution in [2.75, 3.05) is 7.05 Å². The van der Waals surface area contributed by atoms with Crippen LogP contribution in [0, 0.1) is 0 Å². The predicted octanol–water partition coefficient (Wildman–Crippen LogP) is 9.19. The van der Waals surface area contributed by atoms with Crippen molar-refractivity contribution in [3.05, 3.63) is 99.8 Å². The van der Waals surface area contributed by atoms with Crippen LogP contribution in [0.1, 0.15) is 87.7 Å². The minimum Gasteiger partial charge on any atom is -0.444 e. The van der Waals surface area contributed by atoms with E-state index < -0.39 is 13.9 Å². The molecule has 0 bridgehead atoms. The van der Waals surface area contributed by atoms with Crippen molar-refractivity contribution < 1.29 is 18.8 Å². The van der Waals surface area contributed by atoms with Crippen molar-refractivity contribution in [1.29, 1.82) is 0 Å². The van der Waals surface area contributed by atoms with Gasteiger partial charge >= 0.3 is 6.09 Å². The molecule has 0 unspecified atom stereocenters. The Morgan fingerprint density at radius 1 is 0.957 bits per heavy atom.